The Morgan fingerprint density at radius 1 is 1.04 bits per heavy atom. The number of alkyl halides is 3. The van der Waals surface area contributed by atoms with Crippen LogP contribution >= 0.6 is 31.9 Å². The quantitative estimate of drug-likeness (QED) is 0.387. The highest BCUT2D eigenvalue weighted by molar-refractivity contribution is 9.13. The molecule has 0 saturated heterocycles. The number of carbonyl (C=O) groups is 1. The normalized spacial score (nSPS) is 11.1. The zero-order chi connectivity index (χ0) is 20.5. The van der Waals surface area contributed by atoms with E-state index < -0.39 is 17.8 Å². The molecule has 0 aliphatic rings. The van der Waals surface area contributed by atoms with Gasteiger partial charge in [0.25, 0.3) is 0 Å². The molecule has 0 atom stereocenters. The zero-order valence-corrected chi connectivity index (χ0v) is 17.0. The van der Waals surface area contributed by atoms with Crippen molar-refractivity contribution in [1.82, 2.24) is 4.57 Å². The van der Waals surface area contributed by atoms with Gasteiger partial charge in [-0.15, -0.1) is 0 Å². The molecule has 0 unspecified atom stereocenters. The van der Waals surface area contributed by atoms with E-state index in [4.69, 9.17) is 4.74 Å². The molecule has 0 amide bonds. The van der Waals surface area contributed by atoms with Crippen molar-refractivity contribution in [1.29, 1.82) is 5.26 Å². The number of ether oxygens (including phenoxy) is 1. The minimum absolute atomic E-state index is 0.0802. The summed E-state index contributed by atoms with van der Waals surface area (Å²) in [5.74, 6) is 0.279. The summed E-state index contributed by atoms with van der Waals surface area (Å²) in [7, 11) is 0. The van der Waals surface area contributed by atoms with Gasteiger partial charge in [0.15, 0.2) is 0 Å². The maximum Gasteiger partial charge on any atom is 0.424 e. The van der Waals surface area contributed by atoms with Crippen LogP contribution in [-0.4, -0.2) is 10.7 Å². The third-order valence-electron chi connectivity index (χ3n) is 3.79. The maximum atomic E-state index is 12.8. The lowest BCUT2D eigenvalue weighted by Crippen LogP contribution is -2.18. The average Bonchev–Trinajstić information content (AvgIpc) is 2.92. The van der Waals surface area contributed by atoms with Gasteiger partial charge < -0.3 is 4.74 Å². The van der Waals surface area contributed by atoms with Crippen LogP contribution in [0.3, 0.4) is 0 Å². The van der Waals surface area contributed by atoms with Gasteiger partial charge in [-0.2, -0.15) is 18.4 Å². The van der Waals surface area contributed by atoms with E-state index in [2.05, 4.69) is 31.9 Å². The molecule has 0 radical (unpaired) electrons. The fourth-order valence-electron chi connectivity index (χ4n) is 2.51. The molecule has 1 aromatic heterocycles. The molecule has 0 bridgehead atoms. The van der Waals surface area contributed by atoms with Crippen molar-refractivity contribution in [2.45, 2.75) is 6.18 Å². The van der Waals surface area contributed by atoms with Gasteiger partial charge in [0.05, 0.1) is 21.3 Å². The summed E-state index contributed by atoms with van der Waals surface area (Å²) in [4.78, 5) is 12.7. The molecule has 0 saturated carbocycles. The van der Waals surface area contributed by atoms with E-state index in [1.807, 2.05) is 6.07 Å². The van der Waals surface area contributed by atoms with Gasteiger partial charge >= 0.3 is 12.3 Å². The van der Waals surface area contributed by atoms with Crippen molar-refractivity contribution in [3.63, 3.8) is 0 Å². The number of aromatic nitrogens is 1. The van der Waals surface area contributed by atoms with E-state index in [1.54, 1.807) is 30.3 Å². The molecule has 0 N–H and O–H groups in total. The van der Waals surface area contributed by atoms with E-state index in [0.717, 1.165) is 16.7 Å². The number of carbonyl (C=O) groups excluding carboxylic acids is 1. The van der Waals surface area contributed by atoms with Crippen molar-refractivity contribution in [2.24, 2.45) is 0 Å². The Kier molecular flexibility index (Phi) is 5.63. The fourth-order valence-corrected chi connectivity index (χ4v) is 3.49. The van der Waals surface area contributed by atoms with Crippen LogP contribution in [0.25, 0.3) is 11.3 Å². The third-order valence-corrected chi connectivity index (χ3v) is 5.84. The van der Waals surface area contributed by atoms with Crippen LogP contribution in [0.15, 0.2) is 63.7 Å². The first-order valence-corrected chi connectivity index (χ1v) is 9.27. The molecule has 3 aromatic rings. The molecular weight excluding hydrogens is 505 g/mol. The number of nitriles is 1. The van der Waals surface area contributed by atoms with Crippen LogP contribution in [0.2, 0.25) is 0 Å². The van der Waals surface area contributed by atoms with Crippen LogP contribution < -0.4 is 4.74 Å². The second-order valence-corrected chi connectivity index (χ2v) is 7.08. The van der Waals surface area contributed by atoms with Crippen molar-refractivity contribution in [2.75, 3.05) is 0 Å². The number of rotatable bonds is 2. The second kappa shape index (κ2) is 7.81. The number of para-hydroxylation sites is 1. The Morgan fingerprint density at radius 2 is 1.64 bits per heavy atom. The lowest BCUT2D eigenvalue weighted by molar-refractivity contribution is -0.137. The van der Waals surface area contributed by atoms with Crippen LogP contribution in [-0.2, 0) is 6.18 Å². The highest BCUT2D eigenvalue weighted by atomic mass is 79.9. The topological polar surface area (TPSA) is 55.0 Å². The van der Waals surface area contributed by atoms with E-state index in [9.17, 15) is 23.2 Å². The molecule has 142 valence electrons. The molecule has 0 fully saturated rings. The van der Waals surface area contributed by atoms with E-state index >= 15 is 0 Å². The van der Waals surface area contributed by atoms with Gasteiger partial charge in [0.1, 0.15) is 16.4 Å². The Bertz CT molecular complexity index is 1070. The van der Waals surface area contributed by atoms with Crippen LogP contribution in [0.1, 0.15) is 11.1 Å². The standard InChI is InChI=1S/C19H9Br2F3N2O2/c20-15-14(10-25)16(11-6-8-12(9-7-11)19(22,23)24)26(17(15)21)18(27)28-13-4-2-1-3-5-13/h1-9H. The van der Waals surface area contributed by atoms with E-state index in [1.165, 1.54) is 12.1 Å². The molecule has 0 aliphatic heterocycles. The lowest BCUT2D eigenvalue weighted by Gasteiger charge is -2.12. The number of halogens is 5. The summed E-state index contributed by atoms with van der Waals surface area (Å²) in [5, 5.41) is 9.51. The van der Waals surface area contributed by atoms with E-state index in [-0.39, 0.29) is 31.6 Å². The van der Waals surface area contributed by atoms with Crippen molar-refractivity contribution >= 4 is 38.0 Å². The zero-order valence-electron chi connectivity index (χ0n) is 13.8. The minimum atomic E-state index is -4.49. The summed E-state index contributed by atoms with van der Waals surface area (Å²) in [5.41, 5.74) is -0.397. The third kappa shape index (κ3) is 3.84. The van der Waals surface area contributed by atoms with Crippen molar-refractivity contribution < 1.29 is 22.7 Å². The highest BCUT2D eigenvalue weighted by Crippen LogP contribution is 2.39. The van der Waals surface area contributed by atoms with E-state index in [0.29, 0.717) is 0 Å². The SMILES string of the molecule is N#Cc1c(Br)c(Br)n(C(=O)Oc2ccccc2)c1-c1ccc(C(F)(F)F)cc1. The predicted octanol–water partition coefficient (Wildman–Crippen LogP) is 6.62. The molecule has 0 aliphatic carbocycles. The smallest absolute Gasteiger partial charge is 0.410 e. The Balaban J connectivity index is 2.11. The molecule has 0 spiro atoms. The Hall–Kier alpha value is -2.57. The molecule has 2 aromatic carbocycles. The van der Waals surface area contributed by atoms with Gasteiger partial charge in [-0.25, -0.2) is 9.36 Å². The van der Waals surface area contributed by atoms with Crippen molar-refractivity contribution in [3.8, 4) is 23.1 Å². The monoisotopic (exact) mass is 512 g/mol. The molecule has 1 heterocycles. The largest absolute Gasteiger partial charge is 0.424 e. The first kappa shape index (κ1) is 20.2. The van der Waals surface area contributed by atoms with Gasteiger partial charge in [0, 0.05) is 5.56 Å². The lowest BCUT2D eigenvalue weighted by atomic mass is 10.1. The van der Waals surface area contributed by atoms with Gasteiger partial charge in [-0.3, -0.25) is 0 Å². The van der Waals surface area contributed by atoms with Gasteiger partial charge in [-0.05, 0) is 56.1 Å². The maximum absolute atomic E-state index is 12.8. The average molecular weight is 514 g/mol. The number of nitrogens with zero attached hydrogens (tertiary/aromatic N) is 2. The molecule has 28 heavy (non-hydrogen) atoms. The Labute approximate surface area is 174 Å². The molecule has 3 rings (SSSR count). The predicted molar refractivity (Wildman–Crippen MR) is 103 cm³/mol. The summed E-state index contributed by atoms with van der Waals surface area (Å²) in [6, 6.07) is 14.4. The van der Waals surface area contributed by atoms with Crippen molar-refractivity contribution in [3.05, 3.63) is 74.8 Å². The Morgan fingerprint density at radius 3 is 2.18 bits per heavy atom. The number of benzene rings is 2. The van der Waals surface area contributed by atoms with Crippen LogP contribution in [0.5, 0.6) is 5.75 Å². The minimum Gasteiger partial charge on any atom is -0.410 e. The number of hydrogen-bond acceptors (Lipinski definition) is 3. The highest BCUT2D eigenvalue weighted by Gasteiger charge is 2.31. The van der Waals surface area contributed by atoms with Crippen LogP contribution in [0.4, 0.5) is 18.0 Å². The van der Waals surface area contributed by atoms with Crippen LogP contribution in [0, 0.1) is 11.3 Å². The molecule has 9 heteroatoms. The molecule has 4 nitrogen and oxygen atoms in total. The number of hydrogen-bond donors (Lipinski definition) is 0. The summed E-state index contributed by atoms with van der Waals surface area (Å²) in [6.45, 7) is 0. The van der Waals surface area contributed by atoms with Gasteiger partial charge in [0.2, 0.25) is 0 Å². The molecular formula is C19H9Br2F3N2O2. The summed E-state index contributed by atoms with van der Waals surface area (Å²) in [6.07, 6.45) is -5.32. The fraction of sp³-hybridized carbons (Fsp3) is 0.0526. The summed E-state index contributed by atoms with van der Waals surface area (Å²) < 4.78 is 45.4. The first-order chi connectivity index (χ1) is 13.2. The first-order valence-electron chi connectivity index (χ1n) is 7.68. The second-order valence-electron chi connectivity index (χ2n) is 5.53. The summed E-state index contributed by atoms with van der Waals surface area (Å²) >= 11 is 6.47. The van der Waals surface area contributed by atoms with Gasteiger partial charge in [-0.1, -0.05) is 30.3 Å².